The number of benzene rings is 1. The maximum Gasteiger partial charge on any atom is 0.279 e. The van der Waals surface area contributed by atoms with Crippen LogP contribution in [0.15, 0.2) is 24.3 Å². The van der Waals surface area contributed by atoms with Crippen molar-refractivity contribution in [1.29, 1.82) is 0 Å². The summed E-state index contributed by atoms with van der Waals surface area (Å²) in [4.78, 5) is 17.9. The summed E-state index contributed by atoms with van der Waals surface area (Å²) in [6.45, 7) is 6.84. The van der Waals surface area contributed by atoms with Gasteiger partial charge in [0, 0.05) is 48.8 Å². The van der Waals surface area contributed by atoms with Crippen molar-refractivity contribution in [2.45, 2.75) is 26.8 Å². The molecule has 1 fully saturated rings. The van der Waals surface area contributed by atoms with E-state index in [1.165, 1.54) is 4.31 Å². The molecule has 3 rings (SSSR count). The van der Waals surface area contributed by atoms with Crippen molar-refractivity contribution in [1.82, 2.24) is 18.9 Å². The molecule has 0 aliphatic carbocycles. The molecule has 2 heterocycles. The van der Waals surface area contributed by atoms with Gasteiger partial charge in [-0.2, -0.15) is 17.4 Å². The normalized spacial score (nSPS) is 16.7. The van der Waals surface area contributed by atoms with E-state index < -0.39 is 10.2 Å². The lowest BCUT2D eigenvalue weighted by Crippen LogP contribution is -2.54. The van der Waals surface area contributed by atoms with E-state index in [0.29, 0.717) is 31.7 Å². The lowest BCUT2D eigenvalue weighted by Gasteiger charge is -2.34. The number of amides is 1. The number of hydrogen-bond acceptors (Lipinski definition) is 3. The highest BCUT2D eigenvalue weighted by Gasteiger charge is 2.30. The molecule has 136 valence electrons. The topological polar surface area (TPSA) is 85.5 Å². The lowest BCUT2D eigenvalue weighted by atomic mass is 10.1. The van der Waals surface area contributed by atoms with Crippen molar-refractivity contribution in [2.75, 3.05) is 26.2 Å². The molecular formula is C17H24N4O3S. The second-order valence-corrected chi connectivity index (χ2v) is 8.34. The highest BCUT2D eigenvalue weighted by atomic mass is 32.2. The summed E-state index contributed by atoms with van der Waals surface area (Å²) in [6, 6.07) is 7.56. The van der Waals surface area contributed by atoms with Crippen LogP contribution in [-0.4, -0.2) is 60.7 Å². The van der Waals surface area contributed by atoms with Crippen LogP contribution >= 0.6 is 0 Å². The fourth-order valence-corrected chi connectivity index (χ4v) is 4.60. The van der Waals surface area contributed by atoms with Gasteiger partial charge in [0.2, 0.25) is 0 Å². The molecule has 1 aliphatic rings. The second-order valence-electron chi connectivity index (χ2n) is 6.64. The Kier molecular flexibility index (Phi) is 4.86. The van der Waals surface area contributed by atoms with Crippen LogP contribution in [0.5, 0.6) is 0 Å². The predicted octanol–water partition coefficient (Wildman–Crippen LogP) is 1.48. The molecule has 2 aromatic rings. The maximum absolute atomic E-state index is 13.0. The fraction of sp³-hybridized carbons (Fsp3) is 0.471. The highest BCUT2D eigenvalue weighted by Crippen LogP contribution is 2.24. The first kappa shape index (κ1) is 17.9. The monoisotopic (exact) mass is 364 g/mol. The zero-order valence-corrected chi connectivity index (χ0v) is 15.6. The molecule has 0 unspecified atom stereocenters. The van der Waals surface area contributed by atoms with E-state index in [0.717, 1.165) is 16.6 Å². The van der Waals surface area contributed by atoms with E-state index in [-0.39, 0.29) is 11.9 Å². The number of fused-ring (bicyclic) bond motifs is 1. The Bertz CT molecular complexity index is 880. The van der Waals surface area contributed by atoms with Crippen molar-refractivity contribution in [2.24, 2.45) is 0 Å². The van der Waals surface area contributed by atoms with E-state index in [1.807, 2.05) is 31.2 Å². The highest BCUT2D eigenvalue weighted by molar-refractivity contribution is 7.87. The summed E-state index contributed by atoms with van der Waals surface area (Å²) in [7, 11) is -3.49. The van der Waals surface area contributed by atoms with E-state index in [9.17, 15) is 13.2 Å². The summed E-state index contributed by atoms with van der Waals surface area (Å²) in [6.07, 6.45) is 0. The third-order valence-electron chi connectivity index (χ3n) is 4.36. The number of H-pyrrole nitrogens is 1. The van der Waals surface area contributed by atoms with E-state index in [4.69, 9.17) is 0 Å². The van der Waals surface area contributed by atoms with E-state index in [2.05, 4.69) is 9.71 Å². The third-order valence-corrected chi connectivity index (χ3v) is 6.17. The van der Waals surface area contributed by atoms with Gasteiger partial charge >= 0.3 is 0 Å². The summed E-state index contributed by atoms with van der Waals surface area (Å²) < 4.78 is 28.5. The molecule has 1 aliphatic heterocycles. The molecule has 8 heteroatoms. The van der Waals surface area contributed by atoms with Crippen LogP contribution in [0.2, 0.25) is 0 Å². The van der Waals surface area contributed by atoms with Crippen LogP contribution in [0.25, 0.3) is 10.9 Å². The molecule has 25 heavy (non-hydrogen) atoms. The first-order valence-electron chi connectivity index (χ1n) is 8.43. The number of carbonyl (C=O) groups is 1. The Balaban J connectivity index is 1.75. The van der Waals surface area contributed by atoms with Crippen LogP contribution < -0.4 is 4.72 Å². The first-order chi connectivity index (χ1) is 11.8. The van der Waals surface area contributed by atoms with Gasteiger partial charge in [0.25, 0.3) is 16.1 Å². The summed E-state index contributed by atoms with van der Waals surface area (Å²) in [5.74, 6) is -0.0520. The molecule has 1 aromatic carbocycles. The van der Waals surface area contributed by atoms with Gasteiger partial charge in [-0.15, -0.1) is 0 Å². The average molecular weight is 364 g/mol. The maximum atomic E-state index is 13.0. The molecule has 1 saturated heterocycles. The van der Waals surface area contributed by atoms with Crippen LogP contribution in [0.1, 0.15) is 29.9 Å². The first-order valence-corrected chi connectivity index (χ1v) is 9.87. The van der Waals surface area contributed by atoms with Gasteiger partial charge in [0.1, 0.15) is 0 Å². The van der Waals surface area contributed by atoms with Crippen LogP contribution in [0.4, 0.5) is 0 Å². The van der Waals surface area contributed by atoms with Crippen molar-refractivity contribution in [3.8, 4) is 0 Å². The Labute approximate surface area is 148 Å². The number of para-hydroxylation sites is 1. The van der Waals surface area contributed by atoms with E-state index >= 15 is 0 Å². The number of carbonyl (C=O) groups excluding carboxylic acids is 1. The summed E-state index contributed by atoms with van der Waals surface area (Å²) in [5.41, 5.74) is 2.45. The molecule has 0 spiro atoms. The molecule has 7 nitrogen and oxygen atoms in total. The molecule has 2 N–H and O–H groups in total. The third kappa shape index (κ3) is 3.56. The fourth-order valence-electron chi connectivity index (χ4n) is 3.21. The number of piperazine rings is 1. The van der Waals surface area contributed by atoms with Gasteiger partial charge in [-0.05, 0) is 26.8 Å². The Hall–Kier alpha value is -1.90. The largest absolute Gasteiger partial charge is 0.358 e. The number of nitrogens with zero attached hydrogens (tertiary/aromatic N) is 2. The minimum absolute atomic E-state index is 0.0520. The number of aryl methyl sites for hydroxylation is 1. The zero-order valence-electron chi connectivity index (χ0n) is 14.7. The lowest BCUT2D eigenvalue weighted by molar-refractivity contribution is 0.0698. The molecule has 0 saturated carbocycles. The minimum atomic E-state index is -3.49. The molecule has 0 bridgehead atoms. The number of aromatic nitrogens is 1. The molecule has 0 radical (unpaired) electrons. The zero-order chi connectivity index (χ0) is 18.2. The van der Waals surface area contributed by atoms with Gasteiger partial charge in [0.05, 0.1) is 5.56 Å². The second kappa shape index (κ2) is 6.78. The molecule has 0 atom stereocenters. The summed E-state index contributed by atoms with van der Waals surface area (Å²) in [5, 5.41) is 0.904. The standard InChI is InChI=1S/C17H24N4O3S/c1-12(2)19-25(23,24)21-10-8-20(9-11-21)17(22)16-13(3)18-15-7-5-4-6-14(15)16/h4-7,12,18-19H,8-11H2,1-3H3. The van der Waals surface area contributed by atoms with Gasteiger partial charge in [-0.3, -0.25) is 4.79 Å². The number of rotatable bonds is 4. The van der Waals surface area contributed by atoms with Gasteiger partial charge < -0.3 is 9.88 Å². The van der Waals surface area contributed by atoms with Crippen molar-refractivity contribution >= 4 is 27.0 Å². The average Bonchev–Trinajstić information content (AvgIpc) is 2.89. The molecule has 1 aromatic heterocycles. The number of aromatic amines is 1. The van der Waals surface area contributed by atoms with Gasteiger partial charge in [-0.25, -0.2) is 0 Å². The molecular weight excluding hydrogens is 340 g/mol. The quantitative estimate of drug-likeness (QED) is 0.862. The Morgan fingerprint density at radius 2 is 1.80 bits per heavy atom. The van der Waals surface area contributed by atoms with Gasteiger partial charge in [-0.1, -0.05) is 18.2 Å². The van der Waals surface area contributed by atoms with Crippen molar-refractivity contribution in [3.63, 3.8) is 0 Å². The predicted molar refractivity (Wildman–Crippen MR) is 97.7 cm³/mol. The van der Waals surface area contributed by atoms with Crippen LogP contribution in [0.3, 0.4) is 0 Å². The number of nitrogens with one attached hydrogen (secondary N) is 2. The van der Waals surface area contributed by atoms with Crippen molar-refractivity contribution < 1.29 is 13.2 Å². The van der Waals surface area contributed by atoms with E-state index in [1.54, 1.807) is 18.7 Å². The van der Waals surface area contributed by atoms with Crippen LogP contribution in [0, 0.1) is 6.92 Å². The minimum Gasteiger partial charge on any atom is -0.358 e. The summed E-state index contributed by atoms with van der Waals surface area (Å²) >= 11 is 0. The SMILES string of the molecule is Cc1[nH]c2ccccc2c1C(=O)N1CCN(S(=O)(=O)NC(C)C)CC1. The number of hydrogen-bond donors (Lipinski definition) is 2. The Morgan fingerprint density at radius 3 is 2.44 bits per heavy atom. The molecule has 1 amide bonds. The van der Waals surface area contributed by atoms with Crippen molar-refractivity contribution in [3.05, 3.63) is 35.5 Å². The van der Waals surface area contributed by atoms with Crippen LogP contribution in [-0.2, 0) is 10.2 Å². The van der Waals surface area contributed by atoms with Gasteiger partial charge in [0.15, 0.2) is 0 Å². The smallest absolute Gasteiger partial charge is 0.279 e. The Morgan fingerprint density at radius 1 is 1.16 bits per heavy atom.